The summed E-state index contributed by atoms with van der Waals surface area (Å²) in [5.41, 5.74) is 1.73. The van der Waals surface area contributed by atoms with Crippen LogP contribution in [0.2, 0.25) is 5.02 Å². The van der Waals surface area contributed by atoms with Gasteiger partial charge in [0, 0.05) is 25.2 Å². The van der Waals surface area contributed by atoms with Crippen LogP contribution in [0.15, 0.2) is 42.5 Å². The van der Waals surface area contributed by atoms with Crippen molar-refractivity contribution in [1.82, 2.24) is 20.2 Å². The Hall–Kier alpha value is -3.46. The quantitative estimate of drug-likeness (QED) is 0.396. The Bertz CT molecular complexity index is 1170. The van der Waals surface area contributed by atoms with E-state index in [1.165, 1.54) is 12.1 Å². The number of hydrogen-bond acceptors (Lipinski definition) is 5. The number of hydrogen-bond donors (Lipinski definition) is 2. The van der Waals surface area contributed by atoms with Crippen molar-refractivity contribution in [3.8, 4) is 0 Å². The Morgan fingerprint density at radius 3 is 2.59 bits per heavy atom. The van der Waals surface area contributed by atoms with Crippen LogP contribution in [0.25, 0.3) is 11.0 Å². The molecule has 1 heterocycles. The van der Waals surface area contributed by atoms with Crippen LogP contribution < -0.4 is 10.6 Å². The Balaban J connectivity index is 1.65. The van der Waals surface area contributed by atoms with Gasteiger partial charge in [-0.1, -0.05) is 37.6 Å². The largest absolute Gasteiger partial charge is 0.353 e. The topological polar surface area (TPSA) is 119 Å². The molecule has 0 bridgehead atoms. The second kappa shape index (κ2) is 9.78. The molecule has 0 spiro atoms. The third-order valence-corrected chi connectivity index (χ3v) is 5.44. The minimum Gasteiger partial charge on any atom is -0.353 e. The van der Waals surface area contributed by atoms with E-state index in [0.717, 1.165) is 22.9 Å². The van der Waals surface area contributed by atoms with Crippen molar-refractivity contribution in [2.24, 2.45) is 5.92 Å². The van der Waals surface area contributed by atoms with E-state index in [0.29, 0.717) is 13.1 Å². The number of benzene rings is 2. The minimum absolute atomic E-state index is 0.0536. The number of para-hydroxylation sites is 2. The molecule has 0 radical (unpaired) electrons. The summed E-state index contributed by atoms with van der Waals surface area (Å²) in [7, 11) is 0. The van der Waals surface area contributed by atoms with Crippen molar-refractivity contribution in [3.05, 3.63) is 69.0 Å². The van der Waals surface area contributed by atoms with Gasteiger partial charge >= 0.3 is 0 Å². The Morgan fingerprint density at radius 2 is 1.94 bits per heavy atom. The normalized spacial score (nSPS) is 12.0. The van der Waals surface area contributed by atoms with Gasteiger partial charge in [-0.15, -0.1) is 0 Å². The smallest absolute Gasteiger partial charge is 0.270 e. The average molecular weight is 458 g/mol. The van der Waals surface area contributed by atoms with E-state index in [-0.39, 0.29) is 28.1 Å². The highest BCUT2D eigenvalue weighted by Gasteiger charge is 2.26. The molecule has 9 nitrogen and oxygen atoms in total. The molecule has 0 unspecified atom stereocenters. The van der Waals surface area contributed by atoms with Crippen molar-refractivity contribution in [1.29, 1.82) is 0 Å². The number of nitrogens with one attached hydrogen (secondary N) is 2. The number of carbonyl (C=O) groups is 2. The molecule has 1 atom stereocenters. The lowest BCUT2D eigenvalue weighted by atomic mass is 10.0. The van der Waals surface area contributed by atoms with E-state index in [9.17, 15) is 19.7 Å². The molecule has 0 saturated heterocycles. The SMILES string of the molecule is Cc1nc2ccccc2n1CCNC(=O)[C@@H](NC(=O)c1ccc([N+](=O)[O-])cc1Cl)C(C)C. The van der Waals surface area contributed by atoms with Gasteiger partial charge < -0.3 is 15.2 Å². The molecule has 2 N–H and O–H groups in total. The van der Waals surface area contributed by atoms with Crippen LogP contribution in [-0.4, -0.2) is 38.9 Å². The summed E-state index contributed by atoms with van der Waals surface area (Å²) in [6.45, 7) is 6.43. The molecule has 0 saturated carbocycles. The molecule has 3 aromatic rings. The standard InChI is InChI=1S/C22H24ClN5O4/c1-13(2)20(26-21(29)16-9-8-15(28(31)32)12-17(16)23)22(30)24-10-11-27-14(3)25-18-6-4-5-7-19(18)27/h4-9,12-13,20H,10-11H2,1-3H3,(H,24,30)(H,26,29)/t20-/m0/s1. The molecule has 0 aliphatic carbocycles. The molecule has 32 heavy (non-hydrogen) atoms. The van der Waals surface area contributed by atoms with Gasteiger partial charge in [0.1, 0.15) is 11.9 Å². The maximum atomic E-state index is 12.8. The maximum Gasteiger partial charge on any atom is 0.270 e. The number of nitro benzene ring substituents is 1. The first-order valence-electron chi connectivity index (χ1n) is 10.1. The zero-order valence-electron chi connectivity index (χ0n) is 18.0. The zero-order chi connectivity index (χ0) is 23.4. The van der Waals surface area contributed by atoms with Crippen molar-refractivity contribution in [2.45, 2.75) is 33.4 Å². The van der Waals surface area contributed by atoms with Gasteiger partial charge in [0.2, 0.25) is 5.91 Å². The van der Waals surface area contributed by atoms with E-state index >= 15 is 0 Å². The average Bonchev–Trinajstić information content (AvgIpc) is 3.06. The van der Waals surface area contributed by atoms with E-state index in [1.54, 1.807) is 0 Å². The maximum absolute atomic E-state index is 12.8. The molecule has 2 aromatic carbocycles. The number of nitro groups is 1. The summed E-state index contributed by atoms with van der Waals surface area (Å²) >= 11 is 6.04. The first-order valence-corrected chi connectivity index (χ1v) is 10.5. The number of carbonyl (C=O) groups excluding carboxylic acids is 2. The molecule has 2 amide bonds. The zero-order valence-corrected chi connectivity index (χ0v) is 18.7. The minimum atomic E-state index is -0.797. The van der Waals surface area contributed by atoms with Gasteiger partial charge in [-0.05, 0) is 31.0 Å². The Morgan fingerprint density at radius 1 is 1.22 bits per heavy atom. The van der Waals surface area contributed by atoms with Crippen LogP contribution in [0.4, 0.5) is 5.69 Å². The van der Waals surface area contributed by atoms with E-state index in [1.807, 2.05) is 49.6 Å². The first-order chi connectivity index (χ1) is 15.2. The second-order valence-electron chi connectivity index (χ2n) is 7.71. The van der Waals surface area contributed by atoms with Crippen LogP contribution in [0.5, 0.6) is 0 Å². The fraction of sp³-hybridized carbons (Fsp3) is 0.318. The van der Waals surface area contributed by atoms with Crippen LogP contribution in [0.3, 0.4) is 0 Å². The Labute approximate surface area is 189 Å². The number of aryl methyl sites for hydroxylation is 1. The number of non-ortho nitro benzene ring substituents is 1. The lowest BCUT2D eigenvalue weighted by Gasteiger charge is -2.22. The van der Waals surface area contributed by atoms with Crippen LogP contribution in [0, 0.1) is 23.0 Å². The molecule has 0 fully saturated rings. The van der Waals surface area contributed by atoms with E-state index < -0.39 is 16.9 Å². The number of nitrogens with zero attached hydrogens (tertiary/aromatic N) is 3. The van der Waals surface area contributed by atoms with Gasteiger partial charge in [0.15, 0.2) is 0 Å². The number of fused-ring (bicyclic) bond motifs is 1. The Kier molecular flexibility index (Phi) is 7.09. The van der Waals surface area contributed by atoms with Gasteiger partial charge in [0.25, 0.3) is 11.6 Å². The molecular formula is C22H24ClN5O4. The predicted molar refractivity (Wildman–Crippen MR) is 122 cm³/mol. The lowest BCUT2D eigenvalue weighted by Crippen LogP contribution is -2.50. The molecule has 0 aliphatic rings. The van der Waals surface area contributed by atoms with Crippen molar-refractivity contribution < 1.29 is 14.5 Å². The van der Waals surface area contributed by atoms with Crippen LogP contribution in [-0.2, 0) is 11.3 Å². The van der Waals surface area contributed by atoms with Crippen LogP contribution >= 0.6 is 11.6 Å². The van der Waals surface area contributed by atoms with Crippen molar-refractivity contribution in [3.63, 3.8) is 0 Å². The third kappa shape index (κ3) is 5.05. The third-order valence-electron chi connectivity index (χ3n) is 5.12. The summed E-state index contributed by atoms with van der Waals surface area (Å²) in [5.74, 6) is -0.239. The molecule has 0 aliphatic heterocycles. The van der Waals surface area contributed by atoms with E-state index in [2.05, 4.69) is 15.6 Å². The van der Waals surface area contributed by atoms with Crippen molar-refractivity contribution in [2.75, 3.05) is 6.54 Å². The first kappa shape index (κ1) is 23.2. The lowest BCUT2D eigenvalue weighted by molar-refractivity contribution is -0.384. The molecule has 168 valence electrons. The summed E-state index contributed by atoms with van der Waals surface area (Å²) in [4.78, 5) is 40.2. The van der Waals surface area contributed by atoms with Gasteiger partial charge in [-0.2, -0.15) is 0 Å². The van der Waals surface area contributed by atoms with Crippen LogP contribution in [0.1, 0.15) is 30.0 Å². The number of amides is 2. The summed E-state index contributed by atoms with van der Waals surface area (Å²) in [6, 6.07) is 10.6. The second-order valence-corrected chi connectivity index (χ2v) is 8.11. The van der Waals surface area contributed by atoms with Gasteiger partial charge in [-0.3, -0.25) is 19.7 Å². The molecule has 1 aromatic heterocycles. The molecular weight excluding hydrogens is 434 g/mol. The number of aromatic nitrogens is 2. The van der Waals surface area contributed by atoms with Gasteiger partial charge in [0.05, 0.1) is 26.5 Å². The number of imidazole rings is 1. The summed E-state index contributed by atoms with van der Waals surface area (Å²) < 4.78 is 2.02. The molecule has 10 heteroatoms. The van der Waals surface area contributed by atoms with Crippen molar-refractivity contribution >= 4 is 40.1 Å². The fourth-order valence-electron chi connectivity index (χ4n) is 3.43. The number of halogens is 1. The monoisotopic (exact) mass is 457 g/mol. The van der Waals surface area contributed by atoms with E-state index in [4.69, 9.17) is 11.6 Å². The molecule has 3 rings (SSSR count). The number of rotatable bonds is 8. The predicted octanol–water partition coefficient (Wildman–Crippen LogP) is 3.48. The summed E-state index contributed by atoms with van der Waals surface area (Å²) in [5, 5.41) is 16.4. The highest BCUT2D eigenvalue weighted by Crippen LogP contribution is 2.22. The van der Waals surface area contributed by atoms with Gasteiger partial charge in [-0.25, -0.2) is 4.98 Å². The highest BCUT2D eigenvalue weighted by molar-refractivity contribution is 6.34. The summed E-state index contributed by atoms with van der Waals surface area (Å²) in [6.07, 6.45) is 0. The highest BCUT2D eigenvalue weighted by atomic mass is 35.5. The fourth-order valence-corrected chi connectivity index (χ4v) is 3.70.